The predicted octanol–water partition coefficient (Wildman–Crippen LogP) is 6.29. The Labute approximate surface area is 199 Å². The van der Waals surface area contributed by atoms with Gasteiger partial charge in [0.1, 0.15) is 0 Å². The van der Waals surface area contributed by atoms with Crippen LogP contribution in [0.4, 0.5) is 0 Å². The van der Waals surface area contributed by atoms with E-state index < -0.39 is 12.1 Å². The zero-order chi connectivity index (χ0) is 23.9. The number of allylic oxidation sites excluding steroid dienone is 2. The van der Waals surface area contributed by atoms with Crippen molar-refractivity contribution in [3.8, 4) is 0 Å². The first kappa shape index (κ1) is 25.7. The highest BCUT2D eigenvalue weighted by Crippen LogP contribution is 2.57. The van der Waals surface area contributed by atoms with E-state index in [9.17, 15) is 9.90 Å². The molecule has 2 N–H and O–H groups in total. The van der Waals surface area contributed by atoms with Crippen LogP contribution in [-0.4, -0.2) is 35.0 Å². The summed E-state index contributed by atoms with van der Waals surface area (Å²) in [7, 11) is 0. The van der Waals surface area contributed by atoms with Crippen LogP contribution in [0.2, 0.25) is 0 Å². The molecule has 3 rings (SSSR count). The summed E-state index contributed by atoms with van der Waals surface area (Å²) >= 11 is 0. The Morgan fingerprint density at radius 2 is 2.00 bits per heavy atom. The van der Waals surface area contributed by atoms with E-state index in [1.807, 2.05) is 6.08 Å². The van der Waals surface area contributed by atoms with Gasteiger partial charge in [0, 0.05) is 17.8 Å². The van der Waals surface area contributed by atoms with Crippen LogP contribution in [-0.2, 0) is 14.9 Å². The first-order valence-electron chi connectivity index (χ1n) is 12.7. The maximum Gasteiger partial charge on any atom is 0.303 e. The molecular formula is C29H42O4. The molecule has 5 atom stereocenters. The Morgan fingerprint density at radius 1 is 1.24 bits per heavy atom. The Balaban J connectivity index is 1.77. The van der Waals surface area contributed by atoms with E-state index in [-0.39, 0.29) is 29.3 Å². The van der Waals surface area contributed by atoms with Gasteiger partial charge in [-0.25, -0.2) is 0 Å². The van der Waals surface area contributed by atoms with Crippen molar-refractivity contribution in [3.63, 3.8) is 0 Å². The average molecular weight is 455 g/mol. The maximum atomic E-state index is 10.9. The summed E-state index contributed by atoms with van der Waals surface area (Å²) in [5.41, 5.74) is 1.20. The lowest BCUT2D eigenvalue weighted by molar-refractivity contribution is -0.137. The quantitative estimate of drug-likeness (QED) is 0.271. The summed E-state index contributed by atoms with van der Waals surface area (Å²) in [6.07, 6.45) is 15.2. The van der Waals surface area contributed by atoms with Crippen LogP contribution in [0.1, 0.15) is 77.7 Å². The number of carboxylic acid groups (broad SMARTS) is 1. The number of aliphatic hydroxyl groups excluding tert-OH is 1. The molecule has 2 aliphatic rings. The lowest BCUT2D eigenvalue weighted by Gasteiger charge is -2.38. The highest BCUT2D eigenvalue weighted by Gasteiger charge is 2.58. The van der Waals surface area contributed by atoms with E-state index in [0.717, 1.165) is 45.1 Å². The smallest absolute Gasteiger partial charge is 0.303 e. The SMILES string of the molecule is CCCCC(C)(C)[C@@H](O)C=C[C@@H]1[C@@H](CC=CCCCC(=O)O)[C@@]2(c3ccccc3)CO[C@@H]1C2. The molecule has 1 aromatic carbocycles. The minimum Gasteiger partial charge on any atom is -0.481 e. The minimum absolute atomic E-state index is 0.00494. The van der Waals surface area contributed by atoms with Gasteiger partial charge in [-0.1, -0.05) is 88.2 Å². The Morgan fingerprint density at radius 3 is 2.70 bits per heavy atom. The van der Waals surface area contributed by atoms with Crippen LogP contribution >= 0.6 is 0 Å². The standard InChI is InChI=1S/C29H42O4/c1-4-5-19-28(2,3)26(30)18-17-23-24(15-11-6-7-12-16-27(31)32)29(20-25(23)33-21-29)22-13-9-8-10-14-22/h6,8-11,13-14,17-18,23-26,30H,4-5,7,12,15-16,19-21H2,1-3H3,(H,31,32)/t23-,24-,25-,26+,29-/m1/s1. The van der Waals surface area contributed by atoms with Crippen LogP contribution < -0.4 is 0 Å². The molecule has 1 saturated carbocycles. The minimum atomic E-state index is -0.734. The molecule has 2 bridgehead atoms. The van der Waals surface area contributed by atoms with Crippen LogP contribution in [0.5, 0.6) is 0 Å². The number of hydrogen-bond donors (Lipinski definition) is 2. The number of benzene rings is 1. The summed E-state index contributed by atoms with van der Waals surface area (Å²) in [5, 5.41) is 19.8. The predicted molar refractivity (Wildman–Crippen MR) is 133 cm³/mol. The number of hydrogen-bond acceptors (Lipinski definition) is 3. The Hall–Kier alpha value is -1.91. The summed E-state index contributed by atoms with van der Waals surface area (Å²) in [5.74, 6) is -0.0712. The van der Waals surface area contributed by atoms with Gasteiger partial charge in [0.25, 0.3) is 0 Å². The molecule has 182 valence electrons. The molecule has 1 saturated heterocycles. The van der Waals surface area contributed by atoms with Gasteiger partial charge in [-0.15, -0.1) is 0 Å². The fraction of sp³-hybridized carbons (Fsp3) is 0.621. The third kappa shape index (κ3) is 6.16. The third-order valence-electron chi connectivity index (χ3n) is 7.88. The fourth-order valence-electron chi connectivity index (χ4n) is 5.70. The maximum absolute atomic E-state index is 10.9. The zero-order valence-electron chi connectivity index (χ0n) is 20.6. The number of rotatable bonds is 13. The van der Waals surface area contributed by atoms with Crippen molar-refractivity contribution < 1.29 is 19.7 Å². The highest BCUT2D eigenvalue weighted by molar-refractivity contribution is 5.66. The van der Waals surface area contributed by atoms with Gasteiger partial charge in [0.15, 0.2) is 0 Å². The number of aliphatic hydroxyl groups is 1. The lowest BCUT2D eigenvalue weighted by atomic mass is 9.69. The first-order chi connectivity index (χ1) is 15.8. The summed E-state index contributed by atoms with van der Waals surface area (Å²) in [6.45, 7) is 7.23. The summed E-state index contributed by atoms with van der Waals surface area (Å²) in [6, 6.07) is 10.7. The van der Waals surface area contributed by atoms with Crippen LogP contribution in [0, 0.1) is 17.3 Å². The molecule has 1 aliphatic heterocycles. The van der Waals surface area contributed by atoms with Crippen molar-refractivity contribution in [1.29, 1.82) is 0 Å². The van der Waals surface area contributed by atoms with Gasteiger partial charge in [0.2, 0.25) is 0 Å². The van der Waals surface area contributed by atoms with E-state index in [0.29, 0.717) is 12.3 Å². The van der Waals surface area contributed by atoms with E-state index in [1.54, 1.807) is 0 Å². The summed E-state index contributed by atoms with van der Waals surface area (Å²) < 4.78 is 6.28. The highest BCUT2D eigenvalue weighted by atomic mass is 16.5. The van der Waals surface area contributed by atoms with Crippen molar-refractivity contribution in [2.45, 2.75) is 89.8 Å². The van der Waals surface area contributed by atoms with Crippen LogP contribution in [0.3, 0.4) is 0 Å². The van der Waals surface area contributed by atoms with Gasteiger partial charge in [-0.2, -0.15) is 0 Å². The molecule has 1 aliphatic carbocycles. The van der Waals surface area contributed by atoms with Crippen molar-refractivity contribution in [2.75, 3.05) is 6.61 Å². The third-order valence-corrected chi connectivity index (χ3v) is 7.88. The second kappa shape index (κ2) is 11.5. The molecule has 4 heteroatoms. The molecule has 4 nitrogen and oxygen atoms in total. The van der Waals surface area contributed by atoms with Crippen LogP contribution in [0.25, 0.3) is 0 Å². The molecule has 1 heterocycles. The van der Waals surface area contributed by atoms with Gasteiger partial charge in [0.05, 0.1) is 18.8 Å². The van der Waals surface area contributed by atoms with E-state index in [4.69, 9.17) is 9.84 Å². The zero-order valence-corrected chi connectivity index (χ0v) is 20.6. The van der Waals surface area contributed by atoms with Crippen molar-refractivity contribution in [2.24, 2.45) is 17.3 Å². The first-order valence-corrected chi connectivity index (χ1v) is 12.7. The number of unbranched alkanes of at least 4 members (excludes halogenated alkanes) is 2. The molecule has 1 aromatic rings. The average Bonchev–Trinajstić information content (AvgIpc) is 3.37. The number of fused-ring (bicyclic) bond motifs is 2. The van der Waals surface area contributed by atoms with E-state index >= 15 is 0 Å². The van der Waals surface area contributed by atoms with Crippen molar-refractivity contribution in [3.05, 3.63) is 60.2 Å². The number of carbonyl (C=O) groups is 1. The van der Waals surface area contributed by atoms with Gasteiger partial charge in [-0.3, -0.25) is 4.79 Å². The number of aliphatic carboxylic acids is 1. The van der Waals surface area contributed by atoms with Gasteiger partial charge >= 0.3 is 5.97 Å². The molecular weight excluding hydrogens is 412 g/mol. The fourth-order valence-corrected chi connectivity index (χ4v) is 5.70. The summed E-state index contributed by atoms with van der Waals surface area (Å²) in [4.78, 5) is 10.8. The second-order valence-corrected chi connectivity index (χ2v) is 10.7. The van der Waals surface area contributed by atoms with Crippen molar-refractivity contribution >= 4 is 5.97 Å². The van der Waals surface area contributed by atoms with E-state index in [2.05, 4.69) is 69.3 Å². The Kier molecular flexibility index (Phi) is 8.95. The second-order valence-electron chi connectivity index (χ2n) is 10.7. The molecule has 0 unspecified atom stereocenters. The lowest BCUT2D eigenvalue weighted by Crippen LogP contribution is -2.39. The molecule has 0 aromatic heterocycles. The topological polar surface area (TPSA) is 66.8 Å². The van der Waals surface area contributed by atoms with Crippen molar-refractivity contribution in [1.82, 2.24) is 0 Å². The number of ether oxygens (including phenoxy) is 1. The van der Waals surface area contributed by atoms with E-state index in [1.165, 1.54) is 5.56 Å². The van der Waals surface area contributed by atoms with Gasteiger partial charge < -0.3 is 14.9 Å². The van der Waals surface area contributed by atoms with Crippen LogP contribution in [0.15, 0.2) is 54.6 Å². The molecule has 33 heavy (non-hydrogen) atoms. The monoisotopic (exact) mass is 454 g/mol. The molecule has 0 radical (unpaired) electrons. The van der Waals surface area contributed by atoms with Gasteiger partial charge in [-0.05, 0) is 49.0 Å². The largest absolute Gasteiger partial charge is 0.481 e. The molecule has 0 spiro atoms. The Bertz CT molecular complexity index is 812. The number of carboxylic acids is 1. The normalized spacial score (nSPS) is 28.2. The molecule has 2 fully saturated rings. The molecule has 0 amide bonds.